The molecule has 0 unspecified atom stereocenters. The van der Waals surface area contributed by atoms with E-state index >= 15 is 0 Å². The van der Waals surface area contributed by atoms with Gasteiger partial charge in [-0.05, 0) is 13.0 Å². The van der Waals surface area contributed by atoms with Gasteiger partial charge in [0, 0.05) is 12.7 Å². The number of carbonyl (C=O) groups excluding carboxylic acids is 1. The van der Waals surface area contributed by atoms with Crippen LogP contribution in [-0.4, -0.2) is 30.9 Å². The molecule has 0 bridgehead atoms. The monoisotopic (exact) mass is 206 g/mol. The molecule has 2 rings (SSSR count). The predicted molar refractivity (Wildman–Crippen MR) is 52.3 cm³/mol. The second kappa shape index (κ2) is 3.52. The lowest BCUT2D eigenvalue weighted by molar-refractivity contribution is 0.102. The first kappa shape index (κ1) is 9.38. The molecule has 0 spiro atoms. The first-order chi connectivity index (χ1) is 7.16. The summed E-state index contributed by atoms with van der Waals surface area (Å²) in [5.74, 6) is -0.00115. The lowest BCUT2D eigenvalue weighted by Crippen LogP contribution is -2.14. The number of H-pyrrole nitrogens is 1. The molecule has 0 aliphatic heterocycles. The number of nitrogens with one attached hydrogen (secondary N) is 2. The molecule has 15 heavy (non-hydrogen) atoms. The second-order valence-corrected chi connectivity index (χ2v) is 3.08. The molecule has 0 aromatic carbocycles. The number of aromatic amines is 1. The number of amides is 1. The van der Waals surface area contributed by atoms with Crippen molar-refractivity contribution >= 4 is 11.9 Å². The average Bonchev–Trinajstić information content (AvgIpc) is 2.78. The van der Waals surface area contributed by atoms with E-state index in [4.69, 9.17) is 0 Å². The molecule has 0 aliphatic rings. The molecular formula is C8H10N6O. The number of anilines is 1. The second-order valence-electron chi connectivity index (χ2n) is 3.08. The summed E-state index contributed by atoms with van der Waals surface area (Å²) in [5, 5.41) is 12.7. The number of aromatic nitrogens is 5. The van der Waals surface area contributed by atoms with Crippen molar-refractivity contribution in [2.75, 3.05) is 5.32 Å². The molecule has 2 aromatic rings. The lowest BCUT2D eigenvalue weighted by Gasteiger charge is -1.96. The maximum atomic E-state index is 11.6. The van der Waals surface area contributed by atoms with Crippen molar-refractivity contribution in [3.8, 4) is 0 Å². The predicted octanol–water partition coefficient (Wildman–Crippen LogP) is 0.0989. The van der Waals surface area contributed by atoms with Crippen molar-refractivity contribution in [1.82, 2.24) is 25.0 Å². The van der Waals surface area contributed by atoms with Crippen molar-refractivity contribution < 1.29 is 4.79 Å². The van der Waals surface area contributed by atoms with Gasteiger partial charge < -0.3 is 0 Å². The van der Waals surface area contributed by atoms with Crippen LogP contribution in [0.5, 0.6) is 0 Å². The van der Waals surface area contributed by atoms with Crippen LogP contribution in [0.3, 0.4) is 0 Å². The highest BCUT2D eigenvalue weighted by atomic mass is 16.2. The van der Waals surface area contributed by atoms with Gasteiger partial charge in [-0.25, -0.2) is 5.10 Å². The average molecular weight is 206 g/mol. The van der Waals surface area contributed by atoms with Crippen LogP contribution in [0, 0.1) is 6.92 Å². The maximum absolute atomic E-state index is 11.6. The van der Waals surface area contributed by atoms with Crippen molar-refractivity contribution in [3.05, 3.63) is 23.8 Å². The van der Waals surface area contributed by atoms with Gasteiger partial charge in [0.2, 0.25) is 5.95 Å². The molecule has 2 heterocycles. The lowest BCUT2D eigenvalue weighted by atomic mass is 10.3. The fraction of sp³-hybridized carbons (Fsp3) is 0.250. The zero-order valence-electron chi connectivity index (χ0n) is 8.35. The Morgan fingerprint density at radius 3 is 2.93 bits per heavy atom. The molecule has 7 heteroatoms. The Bertz CT molecular complexity index is 452. The summed E-state index contributed by atoms with van der Waals surface area (Å²) in [7, 11) is 1.78. The molecule has 0 fully saturated rings. The molecule has 0 saturated heterocycles. The first-order valence-corrected chi connectivity index (χ1v) is 4.34. The van der Waals surface area contributed by atoms with E-state index in [9.17, 15) is 4.79 Å². The molecule has 2 aromatic heterocycles. The molecule has 0 atom stereocenters. The Balaban J connectivity index is 2.15. The molecule has 78 valence electrons. The van der Waals surface area contributed by atoms with Crippen molar-refractivity contribution in [2.45, 2.75) is 6.92 Å². The molecule has 0 saturated carbocycles. The van der Waals surface area contributed by atoms with Gasteiger partial charge >= 0.3 is 0 Å². The summed E-state index contributed by atoms with van der Waals surface area (Å²) in [6.07, 6.45) is 1.32. The summed E-state index contributed by atoms with van der Waals surface area (Å²) < 4.78 is 1.63. The van der Waals surface area contributed by atoms with E-state index in [0.717, 1.165) is 5.69 Å². The number of nitrogens with zero attached hydrogens (tertiary/aromatic N) is 4. The van der Waals surface area contributed by atoms with Gasteiger partial charge in [-0.3, -0.25) is 14.8 Å². The van der Waals surface area contributed by atoms with E-state index in [1.165, 1.54) is 6.33 Å². The highest BCUT2D eigenvalue weighted by Gasteiger charge is 2.11. The van der Waals surface area contributed by atoms with Gasteiger partial charge in [0.05, 0.1) is 0 Å². The minimum atomic E-state index is -0.310. The van der Waals surface area contributed by atoms with Crippen molar-refractivity contribution in [3.63, 3.8) is 0 Å². The number of aryl methyl sites for hydroxylation is 2. The summed E-state index contributed by atoms with van der Waals surface area (Å²) in [6.45, 7) is 1.87. The minimum absolute atomic E-state index is 0.309. The van der Waals surface area contributed by atoms with E-state index in [1.807, 2.05) is 6.92 Å². The third kappa shape index (κ3) is 1.85. The van der Waals surface area contributed by atoms with Crippen LogP contribution < -0.4 is 5.32 Å². The summed E-state index contributed by atoms with van der Waals surface area (Å²) in [6, 6.07) is 1.70. The number of carbonyl (C=O) groups is 1. The van der Waals surface area contributed by atoms with Crippen molar-refractivity contribution in [1.29, 1.82) is 0 Å². The number of hydrogen-bond donors (Lipinski definition) is 2. The fourth-order valence-electron chi connectivity index (χ4n) is 1.11. The summed E-state index contributed by atoms with van der Waals surface area (Å²) >= 11 is 0. The standard InChI is InChI=1S/C8H10N6O/c1-5-3-6(13-14(5)2)7(15)11-8-9-4-10-12-8/h3-4H,1-2H3,(H2,9,10,11,12,15). The molecule has 0 aliphatic carbocycles. The van der Waals surface area contributed by atoms with Crippen LogP contribution in [0.4, 0.5) is 5.95 Å². The largest absolute Gasteiger partial charge is 0.289 e. The van der Waals surface area contributed by atoms with Gasteiger partial charge in [0.15, 0.2) is 5.69 Å². The normalized spacial score (nSPS) is 10.3. The van der Waals surface area contributed by atoms with Gasteiger partial charge in [0.1, 0.15) is 6.33 Å². The Morgan fingerprint density at radius 1 is 1.60 bits per heavy atom. The van der Waals surface area contributed by atoms with Gasteiger partial charge in [-0.1, -0.05) is 0 Å². The highest BCUT2D eigenvalue weighted by molar-refractivity contribution is 6.01. The first-order valence-electron chi connectivity index (χ1n) is 4.34. The van der Waals surface area contributed by atoms with Crippen molar-refractivity contribution in [2.24, 2.45) is 7.05 Å². The van der Waals surface area contributed by atoms with E-state index in [1.54, 1.807) is 17.8 Å². The summed E-state index contributed by atoms with van der Waals surface area (Å²) in [4.78, 5) is 15.4. The Hall–Kier alpha value is -2.18. The Labute approximate surface area is 85.5 Å². The van der Waals surface area contributed by atoms with Crippen LogP contribution in [0.15, 0.2) is 12.4 Å². The smallest absolute Gasteiger partial charge is 0.278 e. The van der Waals surface area contributed by atoms with Crippen LogP contribution in [-0.2, 0) is 7.05 Å². The van der Waals surface area contributed by atoms with Crippen LogP contribution >= 0.6 is 0 Å². The summed E-state index contributed by atoms with van der Waals surface area (Å²) in [5.41, 5.74) is 1.27. The van der Waals surface area contributed by atoms with Gasteiger partial charge in [0.25, 0.3) is 5.91 Å². The van der Waals surface area contributed by atoms with E-state index < -0.39 is 0 Å². The van der Waals surface area contributed by atoms with Crippen LogP contribution in [0.2, 0.25) is 0 Å². The van der Waals surface area contributed by atoms with Crippen LogP contribution in [0.1, 0.15) is 16.2 Å². The zero-order valence-corrected chi connectivity index (χ0v) is 8.35. The topological polar surface area (TPSA) is 88.5 Å². The SMILES string of the molecule is Cc1cc(C(=O)Nc2ncn[nH]2)nn1C. The maximum Gasteiger partial charge on any atom is 0.278 e. The minimum Gasteiger partial charge on any atom is -0.289 e. The van der Waals surface area contributed by atoms with Gasteiger partial charge in [-0.2, -0.15) is 15.2 Å². The third-order valence-corrected chi connectivity index (χ3v) is 1.99. The molecule has 2 N–H and O–H groups in total. The third-order valence-electron chi connectivity index (χ3n) is 1.99. The van der Waals surface area contributed by atoms with E-state index in [0.29, 0.717) is 11.6 Å². The zero-order chi connectivity index (χ0) is 10.8. The number of rotatable bonds is 2. The molecular weight excluding hydrogens is 196 g/mol. The quantitative estimate of drug-likeness (QED) is 0.729. The van der Waals surface area contributed by atoms with E-state index in [2.05, 4.69) is 25.6 Å². The molecule has 7 nitrogen and oxygen atoms in total. The van der Waals surface area contributed by atoms with E-state index in [-0.39, 0.29) is 5.91 Å². The number of hydrogen-bond acceptors (Lipinski definition) is 4. The Morgan fingerprint density at radius 2 is 2.40 bits per heavy atom. The van der Waals surface area contributed by atoms with Crippen LogP contribution in [0.25, 0.3) is 0 Å². The highest BCUT2D eigenvalue weighted by Crippen LogP contribution is 2.03. The van der Waals surface area contributed by atoms with Gasteiger partial charge in [-0.15, -0.1) is 0 Å². The molecule has 0 radical (unpaired) electrons. The Kier molecular flexibility index (Phi) is 2.20. The fourth-order valence-corrected chi connectivity index (χ4v) is 1.11. The molecule has 1 amide bonds.